The number of nitrogens with one attached hydrogen (secondary N) is 1. The molecule has 2 amide bonds. The number of carbonyl (C=O) groups is 2. The summed E-state index contributed by atoms with van der Waals surface area (Å²) < 4.78 is 29.3. The molecule has 5 heterocycles. The summed E-state index contributed by atoms with van der Waals surface area (Å²) in [6, 6.07) is 0. The molecule has 2 aliphatic rings. The first-order valence-electron chi connectivity index (χ1n) is 10.8. The van der Waals surface area contributed by atoms with Crippen LogP contribution in [-0.2, 0) is 4.79 Å². The van der Waals surface area contributed by atoms with E-state index in [2.05, 4.69) is 20.4 Å². The van der Waals surface area contributed by atoms with E-state index in [1.807, 2.05) is 0 Å². The predicted octanol–water partition coefficient (Wildman–Crippen LogP) is 0.656. The number of amides is 2. The number of aromatic nitrogens is 4. The van der Waals surface area contributed by atoms with Crippen LogP contribution >= 0.6 is 0 Å². The molecule has 0 spiro atoms. The fraction of sp³-hybridized carbons (Fsp3) is 0.381. The molecule has 2 aliphatic heterocycles. The van der Waals surface area contributed by atoms with Crippen molar-refractivity contribution >= 4 is 34.7 Å². The molecule has 2 saturated heterocycles. The van der Waals surface area contributed by atoms with Crippen molar-refractivity contribution in [3.05, 3.63) is 42.0 Å². The molecule has 2 fully saturated rings. The Kier molecular flexibility index (Phi) is 5.48. The van der Waals surface area contributed by atoms with Gasteiger partial charge in [-0.05, 0) is 12.8 Å². The Morgan fingerprint density at radius 3 is 2.59 bits per heavy atom. The zero-order chi connectivity index (χ0) is 24.0. The minimum absolute atomic E-state index is 0.00109. The van der Waals surface area contributed by atoms with Crippen LogP contribution in [0, 0.1) is 17.6 Å². The third-order valence-corrected chi connectivity index (χ3v) is 6.15. The van der Waals surface area contributed by atoms with Crippen LogP contribution in [0.3, 0.4) is 0 Å². The summed E-state index contributed by atoms with van der Waals surface area (Å²) in [5.41, 5.74) is 6.12. The second-order valence-corrected chi connectivity index (χ2v) is 8.43. The first-order chi connectivity index (χ1) is 16.3. The molecule has 3 aromatic rings. The number of hydrogen-bond donors (Lipinski definition) is 3. The first-order valence-corrected chi connectivity index (χ1v) is 10.8. The minimum Gasteiger partial charge on any atom is -0.389 e. The van der Waals surface area contributed by atoms with E-state index in [1.165, 1.54) is 6.20 Å². The van der Waals surface area contributed by atoms with Gasteiger partial charge in [0.05, 0.1) is 36.6 Å². The number of nitrogens with two attached hydrogens (primary N) is 1. The molecule has 5 rings (SSSR count). The van der Waals surface area contributed by atoms with Gasteiger partial charge in [-0.15, -0.1) is 5.10 Å². The molecule has 0 aromatic carbocycles. The van der Waals surface area contributed by atoms with Gasteiger partial charge in [0.25, 0.3) is 5.91 Å². The summed E-state index contributed by atoms with van der Waals surface area (Å²) in [5.74, 6) is -2.32. The van der Waals surface area contributed by atoms with Crippen LogP contribution < -0.4 is 16.0 Å². The smallest absolute Gasteiger partial charge is 0.263 e. The van der Waals surface area contributed by atoms with Gasteiger partial charge in [0.1, 0.15) is 11.3 Å². The Morgan fingerprint density at radius 1 is 1.15 bits per heavy atom. The van der Waals surface area contributed by atoms with Crippen molar-refractivity contribution in [2.45, 2.75) is 18.9 Å². The van der Waals surface area contributed by atoms with Crippen LogP contribution in [0.25, 0.3) is 5.65 Å². The number of β-amino-alcohol motifs (C(OH)–C–C–N with tert-alkyl or cyclic N) is 1. The molecule has 4 N–H and O–H groups in total. The lowest BCUT2D eigenvalue weighted by Crippen LogP contribution is -2.56. The highest BCUT2D eigenvalue weighted by molar-refractivity contribution is 6.12. The van der Waals surface area contributed by atoms with Crippen LogP contribution in [-0.4, -0.2) is 73.7 Å². The highest BCUT2D eigenvalue weighted by atomic mass is 19.1. The van der Waals surface area contributed by atoms with Crippen LogP contribution in [0.1, 0.15) is 23.2 Å². The summed E-state index contributed by atoms with van der Waals surface area (Å²) in [6.07, 6.45) is 4.92. The fourth-order valence-electron chi connectivity index (χ4n) is 4.42. The van der Waals surface area contributed by atoms with Gasteiger partial charge in [0.2, 0.25) is 5.91 Å². The van der Waals surface area contributed by atoms with E-state index in [0.29, 0.717) is 39.0 Å². The summed E-state index contributed by atoms with van der Waals surface area (Å²) in [7, 11) is 0. The van der Waals surface area contributed by atoms with Gasteiger partial charge in [0, 0.05) is 32.1 Å². The number of halogens is 2. The molecule has 0 unspecified atom stereocenters. The Morgan fingerprint density at radius 2 is 1.88 bits per heavy atom. The van der Waals surface area contributed by atoms with Gasteiger partial charge >= 0.3 is 0 Å². The average molecular weight is 472 g/mol. The van der Waals surface area contributed by atoms with E-state index < -0.39 is 23.6 Å². The van der Waals surface area contributed by atoms with Crippen LogP contribution in [0.5, 0.6) is 0 Å². The largest absolute Gasteiger partial charge is 0.389 e. The van der Waals surface area contributed by atoms with E-state index in [9.17, 15) is 23.5 Å². The van der Waals surface area contributed by atoms with Crippen LogP contribution in [0.15, 0.2) is 24.8 Å². The molecule has 0 bridgehead atoms. The highest BCUT2D eigenvalue weighted by Gasteiger charge is 2.35. The maximum atomic E-state index is 14.8. The number of hydrogen-bond acceptors (Lipinski definition) is 8. The van der Waals surface area contributed by atoms with E-state index in [1.54, 1.807) is 9.80 Å². The van der Waals surface area contributed by atoms with Crippen LogP contribution in [0.4, 0.5) is 26.0 Å². The molecule has 3 aromatic heterocycles. The van der Waals surface area contributed by atoms with Gasteiger partial charge < -0.3 is 26.0 Å². The lowest BCUT2D eigenvalue weighted by Gasteiger charge is -2.41. The van der Waals surface area contributed by atoms with Crippen molar-refractivity contribution in [1.29, 1.82) is 0 Å². The average Bonchev–Trinajstić information content (AvgIpc) is 3.11. The monoisotopic (exact) mass is 472 g/mol. The highest BCUT2D eigenvalue weighted by Crippen LogP contribution is 2.33. The molecule has 178 valence electrons. The number of piperidine rings is 1. The number of fused-ring (bicyclic) bond motifs is 1. The Hall–Kier alpha value is -3.87. The maximum absolute atomic E-state index is 14.8. The van der Waals surface area contributed by atoms with Crippen molar-refractivity contribution in [2.75, 3.05) is 42.1 Å². The Balaban J connectivity index is 1.34. The normalized spacial score (nSPS) is 17.1. The van der Waals surface area contributed by atoms with E-state index in [-0.39, 0.29) is 40.2 Å². The predicted molar refractivity (Wildman–Crippen MR) is 117 cm³/mol. The molecule has 0 atom stereocenters. The Labute approximate surface area is 192 Å². The number of nitrogens with zero attached hydrogens (tertiary/aromatic N) is 6. The van der Waals surface area contributed by atoms with Gasteiger partial charge in [-0.2, -0.15) is 0 Å². The number of aliphatic hydroxyl groups is 1. The second-order valence-electron chi connectivity index (χ2n) is 8.43. The molecular formula is C21H22F2N8O3. The second kappa shape index (κ2) is 8.48. The molecule has 11 nitrogen and oxygen atoms in total. The van der Waals surface area contributed by atoms with Gasteiger partial charge in [0.15, 0.2) is 23.1 Å². The zero-order valence-corrected chi connectivity index (χ0v) is 18.0. The summed E-state index contributed by atoms with van der Waals surface area (Å²) in [6.45, 7) is 1.50. The van der Waals surface area contributed by atoms with E-state index in [0.717, 1.165) is 23.1 Å². The van der Waals surface area contributed by atoms with Gasteiger partial charge in [-0.25, -0.2) is 18.3 Å². The topological polar surface area (TPSA) is 142 Å². The van der Waals surface area contributed by atoms with Crippen molar-refractivity contribution in [3.8, 4) is 0 Å². The molecule has 0 radical (unpaired) electrons. The third-order valence-electron chi connectivity index (χ3n) is 6.15. The molecule has 0 aliphatic carbocycles. The number of aliphatic hydroxyl groups excluding tert-OH is 1. The fourth-order valence-corrected chi connectivity index (χ4v) is 4.42. The third kappa shape index (κ3) is 3.87. The van der Waals surface area contributed by atoms with E-state index in [4.69, 9.17) is 5.73 Å². The zero-order valence-electron chi connectivity index (χ0n) is 18.0. The van der Waals surface area contributed by atoms with E-state index >= 15 is 0 Å². The van der Waals surface area contributed by atoms with Gasteiger partial charge in [-0.3, -0.25) is 14.6 Å². The number of likely N-dealkylation sites (tertiary alicyclic amines) is 1. The molecule has 34 heavy (non-hydrogen) atoms. The maximum Gasteiger partial charge on any atom is 0.263 e. The first kappa shape index (κ1) is 21.9. The van der Waals surface area contributed by atoms with Crippen molar-refractivity contribution < 1.29 is 23.5 Å². The van der Waals surface area contributed by atoms with Gasteiger partial charge in [-0.1, -0.05) is 0 Å². The van der Waals surface area contributed by atoms with Crippen LogP contribution in [0.2, 0.25) is 0 Å². The summed E-state index contributed by atoms with van der Waals surface area (Å²) >= 11 is 0. The number of carbonyl (C=O) groups excluding carboxylic acids is 2. The molecule has 0 saturated carbocycles. The summed E-state index contributed by atoms with van der Waals surface area (Å²) in [5, 5.41) is 15.9. The number of pyridine rings is 1. The lowest BCUT2D eigenvalue weighted by molar-refractivity contribution is -0.146. The SMILES string of the molecule is Nc1nn2cc(F)cnc2c1C(=O)Nc1cncc(F)c1N1CCC(C(=O)N2CC(O)C2)CC1. The van der Waals surface area contributed by atoms with Crippen molar-refractivity contribution in [2.24, 2.45) is 5.92 Å². The standard InChI is InChI=1S/C21H22F2N8O3/c22-12-5-26-19-16(18(24)28-31(19)8-12)20(33)27-15-7-25-6-14(23)17(15)29-3-1-11(2-4-29)21(34)30-9-13(32)10-30/h5-8,11,13,32H,1-4,9-10H2,(H2,24,28)(H,27,33). The number of anilines is 3. The quantitative estimate of drug-likeness (QED) is 0.503. The molecular weight excluding hydrogens is 450 g/mol. The van der Waals surface area contributed by atoms with Crippen molar-refractivity contribution in [1.82, 2.24) is 24.5 Å². The number of rotatable bonds is 4. The lowest BCUT2D eigenvalue weighted by atomic mass is 9.93. The molecule has 13 heteroatoms. The summed E-state index contributed by atoms with van der Waals surface area (Å²) in [4.78, 5) is 36.7. The van der Waals surface area contributed by atoms with Crippen molar-refractivity contribution in [3.63, 3.8) is 0 Å². The minimum atomic E-state index is -0.693. The Bertz CT molecular complexity index is 1270. The number of nitrogen functional groups attached to an aromatic ring is 1.